The van der Waals surface area contributed by atoms with Crippen molar-refractivity contribution >= 4 is 21.9 Å². The summed E-state index contributed by atoms with van der Waals surface area (Å²) in [7, 11) is 1.46. The zero-order valence-corrected chi connectivity index (χ0v) is 10.2. The Morgan fingerprint density at radius 1 is 1.47 bits per heavy atom. The molecule has 0 N–H and O–H groups in total. The molecule has 2 rings (SSSR count). The molecule has 0 saturated heterocycles. The van der Waals surface area contributed by atoms with Gasteiger partial charge in [-0.25, -0.2) is 0 Å². The summed E-state index contributed by atoms with van der Waals surface area (Å²) in [6.07, 6.45) is 2.69. The quantitative estimate of drug-likeness (QED) is 0.733. The van der Waals surface area contributed by atoms with Crippen LogP contribution in [0.25, 0.3) is 0 Å². The Balaban J connectivity index is 2.22. The lowest BCUT2D eigenvalue weighted by molar-refractivity contribution is -0.145. The summed E-state index contributed by atoms with van der Waals surface area (Å²) in [6.45, 7) is 0. The molecule has 15 heavy (non-hydrogen) atoms. The first kappa shape index (κ1) is 10.7. The van der Waals surface area contributed by atoms with Gasteiger partial charge in [-0.05, 0) is 42.5 Å². The van der Waals surface area contributed by atoms with E-state index in [9.17, 15) is 4.79 Å². The number of hydrogen-bond acceptors (Lipinski definition) is 2. The number of halogens is 1. The number of ether oxygens (including phenoxy) is 1. The van der Waals surface area contributed by atoms with Crippen LogP contribution in [-0.4, -0.2) is 13.1 Å². The topological polar surface area (TPSA) is 26.3 Å². The molecule has 1 atom stereocenters. The minimum atomic E-state index is -0.0828. The Morgan fingerprint density at radius 2 is 2.27 bits per heavy atom. The van der Waals surface area contributed by atoms with Gasteiger partial charge in [0, 0.05) is 4.47 Å². The van der Waals surface area contributed by atoms with E-state index in [1.54, 1.807) is 0 Å². The third-order valence-electron chi connectivity index (χ3n) is 2.93. The first-order valence-corrected chi connectivity index (χ1v) is 5.85. The molecule has 1 unspecified atom stereocenters. The van der Waals surface area contributed by atoms with Crippen molar-refractivity contribution < 1.29 is 9.53 Å². The van der Waals surface area contributed by atoms with Crippen molar-refractivity contribution in [3.63, 3.8) is 0 Å². The largest absolute Gasteiger partial charge is 0.469 e. The number of esters is 1. The summed E-state index contributed by atoms with van der Waals surface area (Å²) < 4.78 is 5.86. The lowest BCUT2D eigenvalue weighted by Gasteiger charge is -2.22. The van der Waals surface area contributed by atoms with Gasteiger partial charge in [0.25, 0.3) is 0 Å². The average molecular weight is 269 g/mol. The number of carbonyl (C=O) groups is 1. The standard InChI is InChI=1S/C12H13BrO2/c1-15-12(14)9-3-2-8-4-5-11(13)7-10(8)6-9/h4-5,7,9H,2-3,6H2,1H3. The molecule has 80 valence electrons. The average Bonchev–Trinajstić information content (AvgIpc) is 2.27. The predicted octanol–water partition coefficient (Wildman–Crippen LogP) is 2.73. The van der Waals surface area contributed by atoms with Crippen LogP contribution in [-0.2, 0) is 22.4 Å². The Bertz CT molecular complexity index is 387. The summed E-state index contributed by atoms with van der Waals surface area (Å²) in [5, 5.41) is 0. The van der Waals surface area contributed by atoms with Gasteiger partial charge in [-0.3, -0.25) is 4.79 Å². The second-order valence-electron chi connectivity index (χ2n) is 3.88. The summed E-state index contributed by atoms with van der Waals surface area (Å²) in [4.78, 5) is 11.4. The van der Waals surface area contributed by atoms with Crippen molar-refractivity contribution in [3.8, 4) is 0 Å². The molecule has 0 aromatic heterocycles. The van der Waals surface area contributed by atoms with E-state index in [-0.39, 0.29) is 11.9 Å². The summed E-state index contributed by atoms with van der Waals surface area (Å²) in [5.41, 5.74) is 2.63. The fourth-order valence-corrected chi connectivity index (χ4v) is 2.50. The Hall–Kier alpha value is -0.830. The molecule has 0 bridgehead atoms. The summed E-state index contributed by atoms with van der Waals surface area (Å²) >= 11 is 3.45. The van der Waals surface area contributed by atoms with Crippen LogP contribution in [0.3, 0.4) is 0 Å². The molecule has 0 spiro atoms. The van der Waals surface area contributed by atoms with E-state index < -0.39 is 0 Å². The third-order valence-corrected chi connectivity index (χ3v) is 3.42. The van der Waals surface area contributed by atoms with Crippen LogP contribution >= 0.6 is 15.9 Å². The predicted molar refractivity (Wildman–Crippen MR) is 61.7 cm³/mol. The molecule has 0 heterocycles. The zero-order valence-electron chi connectivity index (χ0n) is 8.63. The molecule has 1 aliphatic rings. The van der Waals surface area contributed by atoms with E-state index in [2.05, 4.69) is 34.1 Å². The van der Waals surface area contributed by atoms with Crippen molar-refractivity contribution in [2.45, 2.75) is 19.3 Å². The Morgan fingerprint density at radius 3 is 3.00 bits per heavy atom. The maximum atomic E-state index is 11.4. The number of methoxy groups -OCH3 is 1. The maximum absolute atomic E-state index is 11.4. The fraction of sp³-hybridized carbons (Fsp3) is 0.417. The van der Waals surface area contributed by atoms with Crippen LogP contribution in [0, 0.1) is 5.92 Å². The molecule has 3 heteroatoms. The monoisotopic (exact) mass is 268 g/mol. The second-order valence-corrected chi connectivity index (χ2v) is 4.79. The van der Waals surface area contributed by atoms with Gasteiger partial charge < -0.3 is 4.74 Å². The van der Waals surface area contributed by atoms with Gasteiger partial charge in [0.05, 0.1) is 13.0 Å². The third kappa shape index (κ3) is 2.23. The van der Waals surface area contributed by atoms with E-state index >= 15 is 0 Å². The van der Waals surface area contributed by atoms with Crippen LogP contribution in [0.15, 0.2) is 22.7 Å². The minimum absolute atomic E-state index is 0.0387. The zero-order chi connectivity index (χ0) is 10.8. The van der Waals surface area contributed by atoms with Crippen molar-refractivity contribution in [1.82, 2.24) is 0 Å². The highest BCUT2D eigenvalue weighted by Crippen LogP contribution is 2.28. The Labute approximate surface area is 97.8 Å². The van der Waals surface area contributed by atoms with E-state index in [1.165, 1.54) is 18.2 Å². The van der Waals surface area contributed by atoms with Crippen LogP contribution < -0.4 is 0 Å². The molecule has 0 saturated carbocycles. The number of benzene rings is 1. The van der Waals surface area contributed by atoms with Gasteiger partial charge in [-0.15, -0.1) is 0 Å². The Kier molecular flexibility index (Phi) is 3.10. The van der Waals surface area contributed by atoms with E-state index in [0.717, 1.165) is 23.7 Å². The number of hydrogen-bond donors (Lipinski definition) is 0. The number of aryl methyl sites for hydroxylation is 1. The smallest absolute Gasteiger partial charge is 0.309 e. The molecule has 0 aliphatic heterocycles. The van der Waals surface area contributed by atoms with Gasteiger partial charge in [0.15, 0.2) is 0 Å². The van der Waals surface area contributed by atoms with Crippen molar-refractivity contribution in [3.05, 3.63) is 33.8 Å². The normalized spacial score (nSPS) is 19.5. The van der Waals surface area contributed by atoms with Gasteiger partial charge >= 0.3 is 5.97 Å². The fourth-order valence-electron chi connectivity index (χ4n) is 2.09. The van der Waals surface area contributed by atoms with Gasteiger partial charge in [-0.1, -0.05) is 22.0 Å². The highest BCUT2D eigenvalue weighted by Gasteiger charge is 2.25. The molecule has 0 fully saturated rings. The van der Waals surface area contributed by atoms with E-state index in [1.807, 2.05) is 0 Å². The molecule has 1 aromatic carbocycles. The van der Waals surface area contributed by atoms with Crippen molar-refractivity contribution in [2.75, 3.05) is 7.11 Å². The molecule has 2 nitrogen and oxygen atoms in total. The number of carbonyl (C=O) groups excluding carboxylic acids is 1. The van der Waals surface area contributed by atoms with Gasteiger partial charge in [0.2, 0.25) is 0 Å². The minimum Gasteiger partial charge on any atom is -0.469 e. The van der Waals surface area contributed by atoms with Gasteiger partial charge in [-0.2, -0.15) is 0 Å². The van der Waals surface area contributed by atoms with Crippen LogP contribution in [0.1, 0.15) is 17.5 Å². The summed E-state index contributed by atoms with van der Waals surface area (Å²) in [5.74, 6) is -0.0441. The van der Waals surface area contributed by atoms with Crippen LogP contribution in [0.2, 0.25) is 0 Å². The van der Waals surface area contributed by atoms with E-state index in [4.69, 9.17) is 4.74 Å². The molecule has 0 amide bonds. The summed E-state index contributed by atoms with van der Waals surface area (Å²) in [6, 6.07) is 6.29. The van der Waals surface area contributed by atoms with Crippen molar-refractivity contribution in [1.29, 1.82) is 0 Å². The second kappa shape index (κ2) is 4.35. The molecule has 1 aliphatic carbocycles. The van der Waals surface area contributed by atoms with Gasteiger partial charge in [0.1, 0.15) is 0 Å². The van der Waals surface area contributed by atoms with Crippen LogP contribution in [0.5, 0.6) is 0 Å². The SMILES string of the molecule is COC(=O)C1CCc2ccc(Br)cc2C1. The number of rotatable bonds is 1. The lowest BCUT2D eigenvalue weighted by Crippen LogP contribution is -2.23. The first-order valence-electron chi connectivity index (χ1n) is 5.06. The maximum Gasteiger partial charge on any atom is 0.309 e. The lowest BCUT2D eigenvalue weighted by atomic mass is 9.84. The molecule has 0 radical (unpaired) electrons. The molecular formula is C12H13BrO2. The highest BCUT2D eigenvalue weighted by atomic mass is 79.9. The first-order chi connectivity index (χ1) is 7.20. The van der Waals surface area contributed by atoms with E-state index in [0.29, 0.717) is 0 Å². The van der Waals surface area contributed by atoms with Crippen LogP contribution in [0.4, 0.5) is 0 Å². The highest BCUT2D eigenvalue weighted by molar-refractivity contribution is 9.10. The molecule has 1 aromatic rings. The number of fused-ring (bicyclic) bond motifs is 1. The van der Waals surface area contributed by atoms with Crippen molar-refractivity contribution in [2.24, 2.45) is 5.92 Å². The molecular weight excluding hydrogens is 256 g/mol.